The van der Waals surface area contributed by atoms with Crippen LogP contribution in [0.3, 0.4) is 0 Å². The van der Waals surface area contributed by atoms with Gasteiger partial charge in [-0.3, -0.25) is 30.6 Å². The number of nitro benzene ring substituents is 1. The molecule has 7 heteroatoms. The van der Waals surface area contributed by atoms with Crippen molar-refractivity contribution in [2.45, 2.75) is 32.1 Å². The smallest absolute Gasteiger partial charge is 0.273 e. The Morgan fingerprint density at radius 3 is 2.43 bits per heavy atom. The average Bonchev–Trinajstić information content (AvgIpc) is 2.53. The molecular formula is C14H17N3O4. The minimum Gasteiger partial charge on any atom is -0.273 e. The van der Waals surface area contributed by atoms with Crippen LogP contribution in [-0.4, -0.2) is 16.7 Å². The molecule has 0 heterocycles. The molecule has 0 spiro atoms. The van der Waals surface area contributed by atoms with Gasteiger partial charge in [-0.1, -0.05) is 31.4 Å². The van der Waals surface area contributed by atoms with Gasteiger partial charge in [-0.2, -0.15) is 0 Å². The quantitative estimate of drug-likeness (QED) is 0.656. The summed E-state index contributed by atoms with van der Waals surface area (Å²) in [5, 5.41) is 10.8. The van der Waals surface area contributed by atoms with Crippen molar-refractivity contribution in [2.24, 2.45) is 5.92 Å². The summed E-state index contributed by atoms with van der Waals surface area (Å²) in [5.74, 6) is -1.02. The lowest BCUT2D eigenvalue weighted by Gasteiger charge is -2.20. The highest BCUT2D eigenvalue weighted by atomic mass is 16.6. The standard InChI is InChI=1S/C14H17N3O4/c18-13(10-6-2-1-3-7-10)15-16-14(19)11-8-4-5-9-12(11)17(20)21/h4-5,8-10H,1-3,6-7H2,(H,15,18)(H,16,19). The Hall–Kier alpha value is -2.44. The summed E-state index contributed by atoms with van der Waals surface area (Å²) in [4.78, 5) is 34.0. The summed E-state index contributed by atoms with van der Waals surface area (Å²) in [7, 11) is 0. The predicted octanol–water partition coefficient (Wildman–Crippen LogP) is 1.94. The van der Waals surface area contributed by atoms with Crippen LogP contribution < -0.4 is 10.9 Å². The molecule has 1 aromatic carbocycles. The average molecular weight is 291 g/mol. The second-order valence-corrected chi connectivity index (χ2v) is 5.05. The van der Waals surface area contributed by atoms with Gasteiger partial charge in [0.2, 0.25) is 5.91 Å². The Balaban J connectivity index is 1.95. The highest BCUT2D eigenvalue weighted by molar-refractivity contribution is 5.99. The Morgan fingerprint density at radius 2 is 1.76 bits per heavy atom. The van der Waals surface area contributed by atoms with Crippen LogP contribution in [0.25, 0.3) is 0 Å². The number of hydrogen-bond donors (Lipinski definition) is 2. The van der Waals surface area contributed by atoms with Crippen LogP contribution in [0.15, 0.2) is 24.3 Å². The van der Waals surface area contributed by atoms with Crippen LogP contribution in [-0.2, 0) is 4.79 Å². The van der Waals surface area contributed by atoms with Crippen molar-refractivity contribution in [1.82, 2.24) is 10.9 Å². The molecule has 1 aromatic rings. The van der Waals surface area contributed by atoms with Gasteiger partial charge in [-0.15, -0.1) is 0 Å². The van der Waals surface area contributed by atoms with Crippen LogP contribution in [0, 0.1) is 16.0 Å². The number of hydrazine groups is 1. The van der Waals surface area contributed by atoms with E-state index in [2.05, 4.69) is 10.9 Å². The van der Waals surface area contributed by atoms with Gasteiger partial charge < -0.3 is 0 Å². The van der Waals surface area contributed by atoms with Crippen molar-refractivity contribution < 1.29 is 14.5 Å². The number of nitrogens with one attached hydrogen (secondary N) is 2. The number of amides is 2. The van der Waals surface area contributed by atoms with Gasteiger partial charge in [-0.25, -0.2) is 0 Å². The number of hydrogen-bond acceptors (Lipinski definition) is 4. The Labute approximate surface area is 121 Å². The molecule has 0 aliphatic heterocycles. The summed E-state index contributed by atoms with van der Waals surface area (Å²) in [6.45, 7) is 0. The van der Waals surface area contributed by atoms with Crippen molar-refractivity contribution in [3.63, 3.8) is 0 Å². The van der Waals surface area contributed by atoms with Gasteiger partial charge in [0.15, 0.2) is 0 Å². The maximum absolute atomic E-state index is 11.9. The van der Waals surface area contributed by atoms with Crippen LogP contribution in [0.4, 0.5) is 5.69 Å². The van der Waals surface area contributed by atoms with E-state index in [1.807, 2.05) is 0 Å². The largest absolute Gasteiger partial charge is 0.282 e. The molecule has 2 amide bonds. The molecule has 0 radical (unpaired) electrons. The third-order valence-corrected chi connectivity index (χ3v) is 3.62. The van der Waals surface area contributed by atoms with Gasteiger partial charge in [-0.05, 0) is 18.9 Å². The zero-order chi connectivity index (χ0) is 15.2. The van der Waals surface area contributed by atoms with Gasteiger partial charge in [0.25, 0.3) is 11.6 Å². The van der Waals surface area contributed by atoms with Crippen molar-refractivity contribution in [3.8, 4) is 0 Å². The normalized spacial score (nSPS) is 15.2. The van der Waals surface area contributed by atoms with E-state index < -0.39 is 10.8 Å². The molecule has 1 aliphatic rings. The number of rotatable bonds is 3. The van der Waals surface area contributed by atoms with Crippen molar-refractivity contribution in [3.05, 3.63) is 39.9 Å². The SMILES string of the molecule is O=C(NNC(=O)C1CCCCC1)c1ccccc1[N+](=O)[O-]. The van der Waals surface area contributed by atoms with Crippen LogP contribution in [0.5, 0.6) is 0 Å². The van der Waals surface area contributed by atoms with E-state index in [1.165, 1.54) is 24.3 Å². The molecule has 0 atom stereocenters. The molecule has 0 aromatic heterocycles. The van der Waals surface area contributed by atoms with E-state index in [0.29, 0.717) is 0 Å². The van der Waals surface area contributed by atoms with Crippen LogP contribution >= 0.6 is 0 Å². The second kappa shape index (κ2) is 6.83. The van der Waals surface area contributed by atoms with E-state index in [0.717, 1.165) is 32.1 Å². The first kappa shape index (κ1) is 15.0. The minimum absolute atomic E-state index is 0.0774. The molecule has 0 saturated heterocycles. The Kier molecular flexibility index (Phi) is 4.86. The lowest BCUT2D eigenvalue weighted by molar-refractivity contribution is -0.385. The zero-order valence-corrected chi connectivity index (χ0v) is 11.5. The van der Waals surface area contributed by atoms with Crippen molar-refractivity contribution in [2.75, 3.05) is 0 Å². The van der Waals surface area contributed by atoms with E-state index >= 15 is 0 Å². The summed E-state index contributed by atoms with van der Waals surface area (Å²) in [6, 6.07) is 5.61. The fourth-order valence-corrected chi connectivity index (χ4v) is 2.48. The summed E-state index contributed by atoms with van der Waals surface area (Å²) < 4.78 is 0. The monoisotopic (exact) mass is 291 g/mol. The van der Waals surface area contributed by atoms with Crippen molar-refractivity contribution in [1.29, 1.82) is 0 Å². The molecule has 0 unspecified atom stereocenters. The fraction of sp³-hybridized carbons (Fsp3) is 0.429. The Bertz CT molecular complexity index is 553. The predicted molar refractivity (Wildman–Crippen MR) is 75.3 cm³/mol. The second-order valence-electron chi connectivity index (χ2n) is 5.05. The fourth-order valence-electron chi connectivity index (χ4n) is 2.48. The molecular weight excluding hydrogens is 274 g/mol. The maximum atomic E-state index is 11.9. The highest BCUT2D eigenvalue weighted by Crippen LogP contribution is 2.23. The molecule has 7 nitrogen and oxygen atoms in total. The van der Waals surface area contributed by atoms with Crippen LogP contribution in [0.1, 0.15) is 42.5 Å². The van der Waals surface area contributed by atoms with Crippen molar-refractivity contribution >= 4 is 17.5 Å². The summed E-state index contributed by atoms with van der Waals surface area (Å²) >= 11 is 0. The first-order valence-electron chi connectivity index (χ1n) is 6.93. The van der Waals surface area contributed by atoms with E-state index in [-0.39, 0.29) is 23.1 Å². The topological polar surface area (TPSA) is 101 Å². The Morgan fingerprint density at radius 1 is 1.10 bits per heavy atom. The van der Waals surface area contributed by atoms with Gasteiger partial charge in [0.1, 0.15) is 5.56 Å². The molecule has 21 heavy (non-hydrogen) atoms. The lowest BCUT2D eigenvalue weighted by Crippen LogP contribution is -2.45. The highest BCUT2D eigenvalue weighted by Gasteiger charge is 2.23. The molecule has 1 fully saturated rings. The summed E-state index contributed by atoms with van der Waals surface area (Å²) in [5.41, 5.74) is 4.24. The lowest BCUT2D eigenvalue weighted by atomic mass is 9.89. The molecule has 2 N–H and O–H groups in total. The van der Waals surface area contributed by atoms with E-state index in [1.54, 1.807) is 0 Å². The molecule has 112 valence electrons. The first-order chi connectivity index (χ1) is 10.1. The third-order valence-electron chi connectivity index (χ3n) is 3.62. The number of carbonyl (C=O) groups is 2. The summed E-state index contributed by atoms with van der Waals surface area (Å²) in [6.07, 6.45) is 4.78. The number of benzene rings is 1. The number of nitro groups is 1. The van der Waals surface area contributed by atoms with Gasteiger partial charge >= 0.3 is 0 Å². The third kappa shape index (κ3) is 3.77. The van der Waals surface area contributed by atoms with E-state index in [4.69, 9.17) is 0 Å². The number of carbonyl (C=O) groups excluding carboxylic acids is 2. The van der Waals surface area contributed by atoms with Crippen LogP contribution in [0.2, 0.25) is 0 Å². The first-order valence-corrected chi connectivity index (χ1v) is 6.93. The number of nitrogens with zero attached hydrogens (tertiary/aromatic N) is 1. The molecule has 1 saturated carbocycles. The van der Waals surface area contributed by atoms with Gasteiger partial charge in [0.05, 0.1) is 4.92 Å². The number of para-hydroxylation sites is 1. The zero-order valence-electron chi connectivity index (χ0n) is 11.5. The van der Waals surface area contributed by atoms with E-state index in [9.17, 15) is 19.7 Å². The molecule has 2 rings (SSSR count). The maximum Gasteiger partial charge on any atom is 0.282 e. The molecule has 1 aliphatic carbocycles. The van der Waals surface area contributed by atoms with Gasteiger partial charge in [0, 0.05) is 12.0 Å². The minimum atomic E-state index is -0.688. The molecule has 0 bridgehead atoms.